The van der Waals surface area contributed by atoms with Crippen molar-refractivity contribution in [2.75, 3.05) is 63.0 Å². The van der Waals surface area contributed by atoms with E-state index in [1.165, 1.54) is 12.1 Å². The summed E-state index contributed by atoms with van der Waals surface area (Å²) < 4.78 is 22.9. The fourth-order valence-electron chi connectivity index (χ4n) is 3.67. The lowest BCUT2D eigenvalue weighted by Gasteiger charge is -2.27. The van der Waals surface area contributed by atoms with Crippen molar-refractivity contribution in [3.63, 3.8) is 0 Å². The van der Waals surface area contributed by atoms with Gasteiger partial charge in [-0.2, -0.15) is 0 Å². The first-order valence-corrected chi connectivity index (χ1v) is 12.7. The molecule has 1 fully saturated rings. The number of morpholine rings is 1. The predicted molar refractivity (Wildman–Crippen MR) is 153 cm³/mol. The highest BCUT2D eigenvalue weighted by Gasteiger charge is 2.14. The van der Waals surface area contributed by atoms with Gasteiger partial charge in [-0.3, -0.25) is 10.2 Å². The van der Waals surface area contributed by atoms with Crippen LogP contribution in [0.3, 0.4) is 0 Å². The summed E-state index contributed by atoms with van der Waals surface area (Å²) in [4.78, 5) is 21.2. The lowest BCUT2D eigenvalue weighted by Crippen LogP contribution is -2.36. The number of rotatable bonds is 9. The maximum atomic E-state index is 12.6. The number of nitrogen functional groups attached to an aromatic ring is 1. The number of aromatic nitrogens is 2. The molecule has 1 saturated heterocycles. The Labute approximate surface area is 229 Å². The molecule has 5 N–H and O–H groups in total. The second-order valence-corrected chi connectivity index (χ2v) is 8.13. The molecular formula is C28H38FN7O3. The number of anilines is 3. The molecule has 0 spiro atoms. The standard InChI is InChI=1S/C16H20N6O.C10H12FNO2.C2H6/c1-19-14-8-13(17)12(10-20-14)16(18)11-2-3-15(21-9-11)22-4-6-23-7-5-22;1-14-6-10(12-7-13)8-2-4-9(11)5-3-8;1-2/h2-3,8-10,18H,4-7H2,1H3,(H3,17,19,20);2-5,7,10H,6H2,1H3,(H,12,13);1-2H3. The quantitative estimate of drug-likeness (QED) is 0.239. The Morgan fingerprint density at radius 1 is 1.18 bits per heavy atom. The zero-order valence-corrected chi connectivity index (χ0v) is 22.9. The van der Waals surface area contributed by atoms with Gasteiger partial charge in [-0.25, -0.2) is 14.4 Å². The van der Waals surface area contributed by atoms with Crippen LogP contribution in [0.4, 0.5) is 21.7 Å². The van der Waals surface area contributed by atoms with E-state index < -0.39 is 0 Å². The number of nitrogens with two attached hydrogens (primary N) is 1. The Hall–Kier alpha value is -4.09. The molecule has 0 radical (unpaired) electrons. The van der Waals surface area contributed by atoms with Gasteiger partial charge in [0, 0.05) is 62.5 Å². The van der Waals surface area contributed by atoms with Crippen LogP contribution in [0, 0.1) is 11.2 Å². The summed E-state index contributed by atoms with van der Waals surface area (Å²) in [5.74, 6) is 1.29. The average molecular weight is 540 g/mol. The van der Waals surface area contributed by atoms with Crippen LogP contribution in [0.25, 0.3) is 0 Å². The van der Waals surface area contributed by atoms with Crippen molar-refractivity contribution in [1.29, 1.82) is 5.41 Å². The summed E-state index contributed by atoms with van der Waals surface area (Å²) >= 11 is 0. The zero-order chi connectivity index (χ0) is 28.6. The molecule has 1 aliphatic rings. The van der Waals surface area contributed by atoms with Crippen molar-refractivity contribution in [3.8, 4) is 0 Å². The molecule has 39 heavy (non-hydrogen) atoms. The van der Waals surface area contributed by atoms with Crippen LogP contribution in [0.5, 0.6) is 0 Å². The number of benzene rings is 1. The molecule has 0 bridgehead atoms. The van der Waals surface area contributed by atoms with Gasteiger partial charge < -0.3 is 30.7 Å². The number of carbonyl (C=O) groups is 1. The van der Waals surface area contributed by atoms with Crippen LogP contribution in [0.15, 0.2) is 54.9 Å². The number of hydrogen-bond donors (Lipinski definition) is 4. The molecule has 1 unspecified atom stereocenters. The number of ether oxygens (including phenoxy) is 2. The lowest BCUT2D eigenvalue weighted by molar-refractivity contribution is -0.110. The monoisotopic (exact) mass is 539 g/mol. The van der Waals surface area contributed by atoms with Gasteiger partial charge >= 0.3 is 0 Å². The van der Waals surface area contributed by atoms with Gasteiger partial charge in [0.1, 0.15) is 17.5 Å². The van der Waals surface area contributed by atoms with Gasteiger partial charge in [0.15, 0.2) is 0 Å². The van der Waals surface area contributed by atoms with Crippen molar-refractivity contribution in [2.45, 2.75) is 19.9 Å². The Kier molecular flexibility index (Phi) is 13.3. The lowest BCUT2D eigenvalue weighted by atomic mass is 10.0. The molecule has 0 aliphatic carbocycles. The van der Waals surface area contributed by atoms with E-state index in [0.717, 1.165) is 37.7 Å². The second kappa shape index (κ2) is 16.7. The summed E-state index contributed by atoms with van der Waals surface area (Å²) in [6.45, 7) is 7.49. The van der Waals surface area contributed by atoms with Crippen molar-refractivity contribution < 1.29 is 18.7 Å². The molecule has 11 heteroatoms. The van der Waals surface area contributed by atoms with Crippen molar-refractivity contribution in [3.05, 3.63) is 77.4 Å². The van der Waals surface area contributed by atoms with Gasteiger partial charge in [-0.1, -0.05) is 26.0 Å². The normalized spacial score (nSPS) is 13.1. The van der Waals surface area contributed by atoms with Crippen LogP contribution in [0.2, 0.25) is 0 Å². The van der Waals surface area contributed by atoms with E-state index in [0.29, 0.717) is 41.4 Å². The van der Waals surface area contributed by atoms with E-state index in [9.17, 15) is 9.18 Å². The van der Waals surface area contributed by atoms with E-state index in [1.54, 1.807) is 44.8 Å². The smallest absolute Gasteiger partial charge is 0.207 e. The van der Waals surface area contributed by atoms with Crippen LogP contribution >= 0.6 is 0 Å². The van der Waals surface area contributed by atoms with Crippen molar-refractivity contribution >= 4 is 29.4 Å². The van der Waals surface area contributed by atoms with E-state index in [2.05, 4.69) is 25.5 Å². The largest absolute Gasteiger partial charge is 0.398 e. The fourth-order valence-corrected chi connectivity index (χ4v) is 3.67. The molecule has 4 rings (SSSR count). The first-order chi connectivity index (χ1) is 19.0. The summed E-state index contributed by atoms with van der Waals surface area (Å²) in [5.41, 5.74) is 8.99. The number of halogens is 1. The fraction of sp³-hybridized carbons (Fsp3) is 0.357. The van der Waals surface area contributed by atoms with Gasteiger partial charge in [0.05, 0.1) is 31.6 Å². The molecular weight excluding hydrogens is 501 g/mol. The minimum atomic E-state index is -0.295. The first kappa shape index (κ1) is 31.1. The van der Waals surface area contributed by atoms with Crippen LogP contribution in [-0.2, 0) is 14.3 Å². The van der Waals surface area contributed by atoms with Crippen molar-refractivity contribution in [1.82, 2.24) is 15.3 Å². The number of nitrogens with zero attached hydrogens (tertiary/aromatic N) is 3. The maximum Gasteiger partial charge on any atom is 0.207 e. The third-order valence-corrected chi connectivity index (χ3v) is 5.71. The molecule has 1 aliphatic heterocycles. The Morgan fingerprint density at radius 3 is 2.41 bits per heavy atom. The molecule has 10 nitrogen and oxygen atoms in total. The number of amides is 1. The average Bonchev–Trinajstić information content (AvgIpc) is 2.99. The Morgan fingerprint density at radius 2 is 1.87 bits per heavy atom. The van der Waals surface area contributed by atoms with Crippen LogP contribution < -0.4 is 21.3 Å². The molecule has 1 aromatic carbocycles. The number of carbonyl (C=O) groups excluding carboxylic acids is 1. The maximum absolute atomic E-state index is 12.6. The third kappa shape index (κ3) is 9.31. The molecule has 3 heterocycles. The van der Waals surface area contributed by atoms with E-state index >= 15 is 0 Å². The van der Waals surface area contributed by atoms with Crippen molar-refractivity contribution in [2.24, 2.45) is 0 Å². The summed E-state index contributed by atoms with van der Waals surface area (Å²) in [5, 5.41) is 13.9. The SMILES string of the molecule is CC.CNc1cc(N)c(C(=N)c2ccc(N3CCOCC3)nc2)cn1.COCC(NC=O)c1ccc(F)cc1. The molecule has 2 aromatic heterocycles. The molecule has 1 atom stereocenters. The third-order valence-electron chi connectivity index (χ3n) is 5.71. The summed E-state index contributed by atoms with van der Waals surface area (Å²) in [6.07, 6.45) is 3.92. The summed E-state index contributed by atoms with van der Waals surface area (Å²) in [7, 11) is 3.32. The van der Waals surface area contributed by atoms with Crippen LogP contribution in [-0.4, -0.2) is 69.2 Å². The molecule has 0 saturated carbocycles. The molecule has 1 amide bonds. The topological polar surface area (TPSA) is 138 Å². The highest BCUT2D eigenvalue weighted by molar-refractivity contribution is 6.13. The van der Waals surface area contributed by atoms with E-state index in [4.69, 9.17) is 20.6 Å². The summed E-state index contributed by atoms with van der Waals surface area (Å²) in [6, 6.07) is 11.3. The van der Waals surface area contributed by atoms with Gasteiger partial charge in [0.2, 0.25) is 6.41 Å². The van der Waals surface area contributed by atoms with Gasteiger partial charge in [-0.15, -0.1) is 0 Å². The number of hydrogen-bond acceptors (Lipinski definition) is 9. The minimum absolute atomic E-state index is 0.224. The zero-order valence-electron chi connectivity index (χ0n) is 22.9. The second-order valence-electron chi connectivity index (χ2n) is 8.13. The Bertz CT molecular complexity index is 1150. The predicted octanol–water partition coefficient (Wildman–Crippen LogP) is 3.64. The molecule has 3 aromatic rings. The van der Waals surface area contributed by atoms with E-state index in [-0.39, 0.29) is 11.9 Å². The number of pyridine rings is 2. The molecule has 210 valence electrons. The highest BCUT2D eigenvalue weighted by Crippen LogP contribution is 2.20. The highest BCUT2D eigenvalue weighted by atomic mass is 19.1. The number of methoxy groups -OCH3 is 1. The minimum Gasteiger partial charge on any atom is -0.398 e. The van der Waals surface area contributed by atoms with Crippen LogP contribution in [0.1, 0.15) is 36.6 Å². The number of nitrogens with one attached hydrogen (secondary N) is 3. The Balaban J connectivity index is 0.000000287. The van der Waals surface area contributed by atoms with Gasteiger partial charge in [0.25, 0.3) is 0 Å². The van der Waals surface area contributed by atoms with Gasteiger partial charge in [-0.05, 0) is 29.8 Å². The first-order valence-electron chi connectivity index (χ1n) is 12.7. The van der Waals surface area contributed by atoms with E-state index in [1.807, 2.05) is 26.0 Å².